The fourth-order valence-electron chi connectivity index (χ4n) is 3.25. The number of nitrogens with zero attached hydrogens (tertiary/aromatic N) is 2. The Bertz CT molecular complexity index is 627. The molecule has 0 aliphatic heterocycles. The van der Waals surface area contributed by atoms with Gasteiger partial charge < -0.3 is 0 Å². The fourth-order valence-corrected chi connectivity index (χ4v) is 3.25. The smallest absolute Gasteiger partial charge is 0.0494 e. The molecule has 0 spiro atoms. The van der Waals surface area contributed by atoms with E-state index in [1.54, 1.807) is 0 Å². The third kappa shape index (κ3) is 6.72. The van der Waals surface area contributed by atoms with Gasteiger partial charge in [-0.1, -0.05) is 89.2 Å². The van der Waals surface area contributed by atoms with E-state index in [-0.39, 0.29) is 21.7 Å². The third-order valence-corrected chi connectivity index (χ3v) is 4.76. The van der Waals surface area contributed by atoms with Crippen LogP contribution in [0.15, 0.2) is 36.8 Å². The van der Waals surface area contributed by atoms with Gasteiger partial charge in [-0.05, 0) is 45.1 Å². The monoisotopic (exact) mass is 382 g/mol. The molecular weight excluding hydrogens is 340 g/mol. The standard InChI is InChI=1S/2C13H21N/c1-12(2,3)10-7-8-14-9-11(10)13(4,5)6;1-12(2,3)10-8-7-9-14-11(10)13(4,5)6/h2*7-9H,1-6H3. The highest BCUT2D eigenvalue weighted by Gasteiger charge is 2.26. The van der Waals surface area contributed by atoms with Crippen LogP contribution in [-0.2, 0) is 21.7 Å². The summed E-state index contributed by atoms with van der Waals surface area (Å²) in [7, 11) is 0. The molecule has 156 valence electrons. The first-order valence-corrected chi connectivity index (χ1v) is 10.4. The number of hydrogen-bond acceptors (Lipinski definition) is 2. The quantitative estimate of drug-likeness (QED) is 0.476. The average Bonchev–Trinajstić information content (AvgIpc) is 2.52. The first-order chi connectivity index (χ1) is 12.5. The third-order valence-electron chi connectivity index (χ3n) is 4.76. The lowest BCUT2D eigenvalue weighted by atomic mass is 9.76. The van der Waals surface area contributed by atoms with Gasteiger partial charge in [-0.2, -0.15) is 0 Å². The summed E-state index contributed by atoms with van der Waals surface area (Å²) in [4.78, 5) is 8.74. The highest BCUT2D eigenvalue weighted by Crippen LogP contribution is 2.33. The number of rotatable bonds is 0. The van der Waals surface area contributed by atoms with Crippen LogP contribution in [0.25, 0.3) is 0 Å². The van der Waals surface area contributed by atoms with Crippen molar-refractivity contribution in [1.29, 1.82) is 0 Å². The second-order valence-electron chi connectivity index (χ2n) is 11.8. The van der Waals surface area contributed by atoms with E-state index >= 15 is 0 Å². The molecule has 2 rings (SSSR count). The lowest BCUT2D eigenvalue weighted by Crippen LogP contribution is -2.23. The van der Waals surface area contributed by atoms with Crippen LogP contribution in [0.4, 0.5) is 0 Å². The Hall–Kier alpha value is -1.70. The summed E-state index contributed by atoms with van der Waals surface area (Å²) < 4.78 is 0. The van der Waals surface area contributed by atoms with Crippen molar-refractivity contribution in [2.24, 2.45) is 0 Å². The first kappa shape index (κ1) is 24.3. The fraction of sp³-hybridized carbons (Fsp3) is 0.615. The van der Waals surface area contributed by atoms with Gasteiger partial charge in [0.25, 0.3) is 0 Å². The van der Waals surface area contributed by atoms with Crippen LogP contribution in [0.5, 0.6) is 0 Å². The Morgan fingerprint density at radius 2 is 1.04 bits per heavy atom. The molecule has 0 saturated carbocycles. The van der Waals surface area contributed by atoms with E-state index in [2.05, 4.69) is 105 Å². The molecule has 0 fully saturated rings. The van der Waals surface area contributed by atoms with Crippen LogP contribution in [0, 0.1) is 0 Å². The molecule has 2 heterocycles. The molecule has 2 aromatic rings. The summed E-state index contributed by atoms with van der Waals surface area (Å²) in [5.41, 5.74) is 6.01. The van der Waals surface area contributed by atoms with E-state index in [0.717, 1.165) is 0 Å². The molecule has 0 N–H and O–H groups in total. The normalized spacial score (nSPS) is 13.0. The molecular formula is C26H42N2. The summed E-state index contributed by atoms with van der Waals surface area (Å²) in [6.07, 6.45) is 5.77. The topological polar surface area (TPSA) is 25.8 Å². The Balaban J connectivity index is 0.000000280. The summed E-state index contributed by atoms with van der Waals surface area (Å²) in [6.45, 7) is 26.8. The van der Waals surface area contributed by atoms with E-state index in [1.807, 2.05) is 24.7 Å². The van der Waals surface area contributed by atoms with Gasteiger partial charge in [0.2, 0.25) is 0 Å². The van der Waals surface area contributed by atoms with E-state index in [9.17, 15) is 0 Å². The second kappa shape index (κ2) is 8.35. The largest absolute Gasteiger partial charge is 0.264 e. The SMILES string of the molecule is CC(C)(C)c1cccnc1C(C)(C)C.CC(C)(C)c1ccncc1C(C)(C)C. The van der Waals surface area contributed by atoms with Crippen molar-refractivity contribution in [3.8, 4) is 0 Å². The van der Waals surface area contributed by atoms with Gasteiger partial charge in [-0.25, -0.2) is 0 Å². The second-order valence-corrected chi connectivity index (χ2v) is 11.8. The Labute approximate surface area is 174 Å². The summed E-state index contributed by atoms with van der Waals surface area (Å²) >= 11 is 0. The Kier molecular flexibility index (Phi) is 7.26. The summed E-state index contributed by atoms with van der Waals surface area (Å²) in [5, 5.41) is 0. The van der Waals surface area contributed by atoms with Crippen molar-refractivity contribution < 1.29 is 0 Å². The number of pyridine rings is 2. The van der Waals surface area contributed by atoms with Gasteiger partial charge >= 0.3 is 0 Å². The van der Waals surface area contributed by atoms with Gasteiger partial charge in [0, 0.05) is 29.7 Å². The van der Waals surface area contributed by atoms with Gasteiger partial charge in [0.15, 0.2) is 0 Å². The molecule has 28 heavy (non-hydrogen) atoms. The molecule has 0 saturated heterocycles. The minimum absolute atomic E-state index is 0.129. The molecule has 0 aromatic carbocycles. The summed E-state index contributed by atoms with van der Waals surface area (Å²) in [5.74, 6) is 0. The van der Waals surface area contributed by atoms with Crippen molar-refractivity contribution >= 4 is 0 Å². The average molecular weight is 383 g/mol. The molecule has 2 heteroatoms. The highest BCUT2D eigenvalue weighted by molar-refractivity contribution is 5.35. The maximum absolute atomic E-state index is 4.52. The predicted molar refractivity (Wildman–Crippen MR) is 123 cm³/mol. The molecule has 2 nitrogen and oxygen atoms in total. The molecule has 0 aliphatic rings. The van der Waals surface area contributed by atoms with Crippen molar-refractivity contribution in [3.63, 3.8) is 0 Å². The van der Waals surface area contributed by atoms with Crippen molar-refractivity contribution in [3.05, 3.63) is 59.2 Å². The van der Waals surface area contributed by atoms with Crippen LogP contribution in [0.2, 0.25) is 0 Å². The van der Waals surface area contributed by atoms with Gasteiger partial charge in [-0.3, -0.25) is 9.97 Å². The van der Waals surface area contributed by atoms with Gasteiger partial charge in [-0.15, -0.1) is 0 Å². The maximum Gasteiger partial charge on any atom is 0.0494 e. The zero-order chi connectivity index (χ0) is 22.0. The van der Waals surface area contributed by atoms with Crippen molar-refractivity contribution in [2.45, 2.75) is 105 Å². The van der Waals surface area contributed by atoms with Crippen LogP contribution < -0.4 is 0 Å². The molecule has 0 aliphatic carbocycles. The van der Waals surface area contributed by atoms with Crippen LogP contribution in [0.1, 0.15) is 105 Å². The minimum Gasteiger partial charge on any atom is -0.264 e. The Morgan fingerprint density at radius 1 is 0.536 bits per heavy atom. The molecule has 2 aromatic heterocycles. The molecule has 0 bridgehead atoms. The van der Waals surface area contributed by atoms with Crippen LogP contribution in [-0.4, -0.2) is 9.97 Å². The van der Waals surface area contributed by atoms with E-state index in [0.29, 0.717) is 0 Å². The van der Waals surface area contributed by atoms with E-state index in [1.165, 1.54) is 22.4 Å². The lowest BCUT2D eigenvalue weighted by molar-refractivity contribution is 0.514. The minimum atomic E-state index is 0.129. The molecule has 0 amide bonds. The predicted octanol–water partition coefficient (Wildman–Crippen LogP) is 7.35. The van der Waals surface area contributed by atoms with Gasteiger partial charge in [0.05, 0.1) is 0 Å². The summed E-state index contributed by atoms with van der Waals surface area (Å²) in [6, 6.07) is 6.35. The molecule has 0 unspecified atom stereocenters. The van der Waals surface area contributed by atoms with E-state index in [4.69, 9.17) is 0 Å². The Morgan fingerprint density at radius 3 is 1.39 bits per heavy atom. The molecule has 0 radical (unpaired) electrons. The van der Waals surface area contributed by atoms with Gasteiger partial charge in [0.1, 0.15) is 0 Å². The zero-order valence-electron chi connectivity index (χ0n) is 20.4. The lowest BCUT2D eigenvalue weighted by Gasteiger charge is -2.29. The number of aromatic nitrogens is 2. The van der Waals surface area contributed by atoms with E-state index < -0.39 is 0 Å². The maximum atomic E-state index is 4.52. The van der Waals surface area contributed by atoms with Crippen LogP contribution in [0.3, 0.4) is 0 Å². The molecule has 0 atom stereocenters. The van der Waals surface area contributed by atoms with Crippen molar-refractivity contribution in [1.82, 2.24) is 9.97 Å². The highest BCUT2D eigenvalue weighted by atomic mass is 14.7. The number of hydrogen-bond donors (Lipinski definition) is 0. The zero-order valence-corrected chi connectivity index (χ0v) is 20.4. The van der Waals surface area contributed by atoms with Crippen molar-refractivity contribution in [2.75, 3.05) is 0 Å². The first-order valence-electron chi connectivity index (χ1n) is 10.4. The van der Waals surface area contributed by atoms with Crippen LogP contribution >= 0.6 is 0 Å².